The van der Waals surface area contributed by atoms with Crippen LogP contribution in [0.3, 0.4) is 0 Å². The Kier molecular flexibility index (Phi) is 67.0. The van der Waals surface area contributed by atoms with Crippen molar-refractivity contribution in [3.63, 3.8) is 0 Å². The first-order valence-electron chi connectivity index (χ1n) is 33.9. The number of aliphatic carboxylic acids is 2. The second-order valence-electron chi connectivity index (χ2n) is 23.6. The molecule has 0 saturated heterocycles. The summed E-state index contributed by atoms with van der Waals surface area (Å²) in [6.07, 6.45) is 79.8. The third kappa shape index (κ3) is 63.2. The quantitative estimate of drug-likeness (QED) is 0.0596. The fraction of sp³-hybridized carbons (Fsp3) is 0.971. The Morgan fingerprint density at radius 2 is 0.292 bits per heavy atom. The van der Waals surface area contributed by atoms with Crippen molar-refractivity contribution in [2.24, 2.45) is 11.8 Å². The highest BCUT2D eigenvalue weighted by Gasteiger charge is 2.17. The van der Waals surface area contributed by atoms with Gasteiger partial charge in [-0.1, -0.05) is 387 Å². The van der Waals surface area contributed by atoms with E-state index in [-0.39, 0.29) is 11.8 Å². The highest BCUT2D eigenvalue weighted by molar-refractivity contribution is 5.70. The van der Waals surface area contributed by atoms with Crippen molar-refractivity contribution >= 4 is 11.9 Å². The number of hydrogen-bond donors (Lipinski definition) is 2. The lowest BCUT2D eigenvalue weighted by atomic mass is 9.94. The lowest BCUT2D eigenvalue weighted by Crippen LogP contribution is -2.13. The van der Waals surface area contributed by atoms with Gasteiger partial charge in [0.2, 0.25) is 0 Å². The van der Waals surface area contributed by atoms with Crippen molar-refractivity contribution in [3.8, 4) is 0 Å². The van der Waals surface area contributed by atoms with Crippen molar-refractivity contribution in [2.45, 2.75) is 413 Å². The molecule has 0 amide bonds. The highest BCUT2D eigenvalue weighted by Crippen LogP contribution is 2.23. The smallest absolute Gasteiger partial charge is 0.306 e. The molecule has 0 aromatic heterocycles. The van der Waals surface area contributed by atoms with Gasteiger partial charge >= 0.3 is 11.9 Å². The largest absolute Gasteiger partial charge is 0.481 e. The average molecular weight is 1020 g/mol. The minimum Gasteiger partial charge on any atom is -0.481 e. The molecule has 0 aliphatic rings. The van der Waals surface area contributed by atoms with Crippen LogP contribution in [-0.2, 0) is 9.59 Å². The molecule has 0 aromatic rings. The molecule has 4 nitrogen and oxygen atoms in total. The van der Waals surface area contributed by atoms with E-state index in [9.17, 15) is 19.8 Å². The van der Waals surface area contributed by atoms with Gasteiger partial charge in [-0.05, 0) is 25.7 Å². The third-order valence-corrected chi connectivity index (χ3v) is 16.3. The van der Waals surface area contributed by atoms with Crippen LogP contribution in [0.5, 0.6) is 0 Å². The molecule has 2 unspecified atom stereocenters. The Labute approximate surface area is 454 Å². The fourth-order valence-electron chi connectivity index (χ4n) is 11.1. The molecular weight excluding hydrogens is 881 g/mol. The number of carbonyl (C=O) groups is 2. The van der Waals surface area contributed by atoms with Gasteiger partial charge in [0, 0.05) is 0 Å². The van der Waals surface area contributed by atoms with Crippen LogP contribution < -0.4 is 0 Å². The van der Waals surface area contributed by atoms with E-state index >= 15 is 0 Å². The zero-order chi connectivity index (χ0) is 52.7. The maximum atomic E-state index is 11.7. The van der Waals surface area contributed by atoms with E-state index in [0.717, 1.165) is 51.4 Å². The lowest BCUT2D eigenvalue weighted by molar-refractivity contribution is -0.143. The number of rotatable bonds is 62. The van der Waals surface area contributed by atoms with Crippen LogP contribution in [-0.4, -0.2) is 22.2 Å². The van der Waals surface area contributed by atoms with E-state index in [1.165, 1.54) is 334 Å². The molecule has 0 rings (SSSR count). The summed E-state index contributed by atoms with van der Waals surface area (Å²) in [7, 11) is 0. The summed E-state index contributed by atoms with van der Waals surface area (Å²) in [5.74, 6) is -1.31. The second-order valence-corrected chi connectivity index (χ2v) is 23.6. The first-order chi connectivity index (χ1) is 35.4. The van der Waals surface area contributed by atoms with Crippen LogP contribution in [0.15, 0.2) is 0 Å². The van der Waals surface area contributed by atoms with Crippen LogP contribution in [0.4, 0.5) is 0 Å². The van der Waals surface area contributed by atoms with Crippen molar-refractivity contribution in [3.05, 3.63) is 0 Å². The fourth-order valence-corrected chi connectivity index (χ4v) is 11.1. The van der Waals surface area contributed by atoms with Crippen LogP contribution in [0.2, 0.25) is 0 Å². The molecule has 4 heteroatoms. The van der Waals surface area contributed by atoms with Gasteiger partial charge in [0.1, 0.15) is 0 Å². The van der Waals surface area contributed by atoms with Gasteiger partial charge in [0.25, 0.3) is 0 Å². The molecule has 0 bridgehead atoms. The van der Waals surface area contributed by atoms with E-state index in [1.54, 1.807) is 0 Å². The summed E-state index contributed by atoms with van der Waals surface area (Å²) in [6.45, 7) is 9.13. The van der Waals surface area contributed by atoms with E-state index in [4.69, 9.17) is 0 Å². The molecule has 72 heavy (non-hydrogen) atoms. The summed E-state index contributed by atoms with van der Waals surface area (Å²) < 4.78 is 0. The lowest BCUT2D eigenvalue weighted by Gasteiger charge is -2.12. The van der Waals surface area contributed by atoms with Crippen molar-refractivity contribution in [1.82, 2.24) is 0 Å². The maximum absolute atomic E-state index is 11.7. The predicted octanol–water partition coefficient (Wildman–Crippen LogP) is 24.9. The summed E-state index contributed by atoms with van der Waals surface area (Å²) >= 11 is 0. The maximum Gasteiger partial charge on any atom is 0.306 e. The normalized spacial score (nSPS) is 12.3. The van der Waals surface area contributed by atoms with Gasteiger partial charge in [-0.25, -0.2) is 0 Å². The summed E-state index contributed by atoms with van der Waals surface area (Å²) in [5.41, 5.74) is 0. The molecule has 0 aromatic carbocycles. The van der Waals surface area contributed by atoms with Gasteiger partial charge in [-0.2, -0.15) is 0 Å². The first kappa shape index (κ1) is 73.0. The predicted molar refractivity (Wildman–Crippen MR) is 322 cm³/mol. The van der Waals surface area contributed by atoms with Gasteiger partial charge in [-0.15, -0.1) is 0 Å². The summed E-state index contributed by atoms with van der Waals surface area (Å²) in [5, 5.41) is 19.2. The Morgan fingerprint density at radius 1 is 0.194 bits per heavy atom. The Hall–Kier alpha value is -1.06. The standard InChI is InChI=1S/C36H72O2.C32H64O2/c1-3-5-7-9-11-13-15-17-19-20-22-24-26-28-30-32-34-35(36(37)38)33-31-29-27-25-23-21-18-16-14-12-10-8-6-4-2;1-3-5-7-9-11-13-15-17-18-20-22-24-26-28-30-31(32(33)34)29-27-25-23-21-19-16-14-12-10-8-6-4-2/h35H,3-34H2,1-2H3,(H,37,38);31H,3-30H2,1-2H3,(H,33,34). The minimum absolute atomic E-state index is 0.0968. The molecule has 0 heterocycles. The molecule has 0 spiro atoms. The number of carboxylic acids is 2. The Bertz CT molecular complexity index is 995. The average Bonchev–Trinajstić information content (AvgIpc) is 3.37. The Balaban J connectivity index is 0. The minimum atomic E-state index is -0.558. The van der Waals surface area contributed by atoms with Gasteiger partial charge in [-0.3, -0.25) is 9.59 Å². The van der Waals surface area contributed by atoms with Crippen LogP contribution in [0, 0.1) is 11.8 Å². The van der Waals surface area contributed by atoms with Crippen LogP contribution >= 0.6 is 0 Å². The third-order valence-electron chi connectivity index (χ3n) is 16.3. The number of carboxylic acid groups (broad SMARTS) is 2. The summed E-state index contributed by atoms with van der Waals surface area (Å²) in [4.78, 5) is 23.3. The molecule has 0 aliphatic carbocycles. The number of hydrogen-bond acceptors (Lipinski definition) is 2. The molecule has 0 saturated carbocycles. The van der Waals surface area contributed by atoms with Gasteiger partial charge in [0.05, 0.1) is 11.8 Å². The van der Waals surface area contributed by atoms with E-state index in [2.05, 4.69) is 27.7 Å². The van der Waals surface area contributed by atoms with Crippen molar-refractivity contribution < 1.29 is 19.8 Å². The molecule has 0 fully saturated rings. The van der Waals surface area contributed by atoms with Crippen LogP contribution in [0.25, 0.3) is 0 Å². The summed E-state index contributed by atoms with van der Waals surface area (Å²) in [6, 6.07) is 0. The SMILES string of the molecule is CCCCCCCCCCCCCCCCC(CCCCCCCCCCCCCC)C(=O)O.CCCCCCCCCCCCCCCCCCC(CCCCCCCCCCCCCCCC)C(=O)O. The monoisotopic (exact) mass is 1020 g/mol. The molecule has 432 valence electrons. The zero-order valence-corrected chi connectivity index (χ0v) is 50.3. The molecule has 0 aliphatic heterocycles. The van der Waals surface area contributed by atoms with Crippen LogP contribution in [0.1, 0.15) is 413 Å². The Morgan fingerprint density at radius 3 is 0.389 bits per heavy atom. The van der Waals surface area contributed by atoms with Gasteiger partial charge in [0.15, 0.2) is 0 Å². The topological polar surface area (TPSA) is 74.6 Å². The van der Waals surface area contributed by atoms with E-state index < -0.39 is 11.9 Å². The molecule has 2 N–H and O–H groups in total. The van der Waals surface area contributed by atoms with E-state index in [1.807, 2.05) is 0 Å². The van der Waals surface area contributed by atoms with Crippen molar-refractivity contribution in [2.75, 3.05) is 0 Å². The van der Waals surface area contributed by atoms with Crippen molar-refractivity contribution in [1.29, 1.82) is 0 Å². The first-order valence-corrected chi connectivity index (χ1v) is 33.9. The molecular formula is C68H136O4. The molecule has 2 atom stereocenters. The van der Waals surface area contributed by atoms with E-state index in [0.29, 0.717) is 0 Å². The zero-order valence-electron chi connectivity index (χ0n) is 50.3. The number of unbranched alkanes of at least 4 members (excludes halogenated alkanes) is 52. The van der Waals surface area contributed by atoms with Gasteiger partial charge < -0.3 is 10.2 Å². The molecule has 0 radical (unpaired) electrons. The second kappa shape index (κ2) is 66.1. The highest BCUT2D eigenvalue weighted by atomic mass is 16.4.